The molecule has 0 radical (unpaired) electrons. The number of nitrogens with one attached hydrogen (secondary N) is 1. The third kappa shape index (κ3) is 3.12. The number of aromatic nitrogens is 2. The molecule has 0 saturated carbocycles. The fourth-order valence-electron chi connectivity index (χ4n) is 1.71. The summed E-state index contributed by atoms with van der Waals surface area (Å²) in [6.07, 6.45) is 0.163. The molecule has 2 N–H and O–H groups in total. The molecule has 0 bridgehead atoms. The Morgan fingerprint density at radius 1 is 1.35 bits per heavy atom. The Morgan fingerprint density at radius 3 is 2.45 bits per heavy atom. The van der Waals surface area contributed by atoms with Gasteiger partial charge in [-0.2, -0.15) is 5.10 Å². The molecule has 0 unspecified atom stereocenters. The van der Waals surface area contributed by atoms with Crippen molar-refractivity contribution in [2.45, 2.75) is 13.0 Å². The Labute approximate surface area is 126 Å². The van der Waals surface area contributed by atoms with E-state index in [-0.39, 0.29) is 0 Å². The summed E-state index contributed by atoms with van der Waals surface area (Å²) >= 11 is 11.7. The number of aryl methyl sites for hydroxylation is 1. The third-order valence-corrected chi connectivity index (χ3v) is 3.38. The second kappa shape index (κ2) is 5.83. The SMILES string of the molecule is Cc1c(NC(=O)[C@@H](O)c2cc(Cl)cc(Cl)c2)cnn1C. The standard InChI is InChI=1S/C13H13Cl2N3O2/c1-7-11(6-16-18(7)2)17-13(20)12(19)8-3-9(14)5-10(15)4-8/h3-6,12,19H,1-2H3,(H,17,20)/t12-/m0/s1. The maximum absolute atomic E-state index is 12.0. The maximum atomic E-state index is 12.0. The highest BCUT2D eigenvalue weighted by Gasteiger charge is 2.20. The normalized spacial score (nSPS) is 12.2. The van der Waals surface area contributed by atoms with Crippen LogP contribution >= 0.6 is 23.2 Å². The van der Waals surface area contributed by atoms with Crippen molar-refractivity contribution in [2.24, 2.45) is 7.05 Å². The van der Waals surface area contributed by atoms with Crippen molar-refractivity contribution in [3.63, 3.8) is 0 Å². The van der Waals surface area contributed by atoms with Crippen LogP contribution in [0.1, 0.15) is 17.4 Å². The summed E-state index contributed by atoms with van der Waals surface area (Å²) in [6.45, 7) is 1.81. The van der Waals surface area contributed by atoms with Crippen LogP contribution in [0.2, 0.25) is 10.0 Å². The van der Waals surface area contributed by atoms with Crippen LogP contribution in [-0.2, 0) is 11.8 Å². The molecule has 5 nitrogen and oxygen atoms in total. The van der Waals surface area contributed by atoms with Crippen molar-refractivity contribution in [1.29, 1.82) is 0 Å². The third-order valence-electron chi connectivity index (χ3n) is 2.94. The highest BCUT2D eigenvalue weighted by atomic mass is 35.5. The van der Waals surface area contributed by atoms with E-state index >= 15 is 0 Å². The first-order valence-electron chi connectivity index (χ1n) is 5.82. The van der Waals surface area contributed by atoms with Gasteiger partial charge in [-0.05, 0) is 30.7 Å². The second-order valence-electron chi connectivity index (χ2n) is 4.36. The minimum Gasteiger partial charge on any atom is -0.378 e. The lowest BCUT2D eigenvalue weighted by Gasteiger charge is -2.12. The smallest absolute Gasteiger partial charge is 0.257 e. The predicted molar refractivity (Wildman–Crippen MR) is 78.0 cm³/mol. The van der Waals surface area contributed by atoms with Crippen LogP contribution in [0.15, 0.2) is 24.4 Å². The Kier molecular flexibility index (Phi) is 4.32. The van der Waals surface area contributed by atoms with Crippen molar-refractivity contribution < 1.29 is 9.90 Å². The summed E-state index contributed by atoms with van der Waals surface area (Å²) in [5.41, 5.74) is 1.67. The monoisotopic (exact) mass is 313 g/mol. The lowest BCUT2D eigenvalue weighted by atomic mass is 10.1. The number of carbonyl (C=O) groups is 1. The van der Waals surface area contributed by atoms with E-state index in [9.17, 15) is 9.90 Å². The van der Waals surface area contributed by atoms with Crippen molar-refractivity contribution in [1.82, 2.24) is 9.78 Å². The molecule has 1 atom stereocenters. The number of nitrogens with zero attached hydrogens (tertiary/aromatic N) is 2. The van der Waals surface area contributed by atoms with E-state index in [1.807, 2.05) is 6.92 Å². The molecular formula is C13H13Cl2N3O2. The van der Waals surface area contributed by atoms with Crippen LogP contribution in [0, 0.1) is 6.92 Å². The molecule has 2 aromatic rings. The Morgan fingerprint density at radius 2 is 1.95 bits per heavy atom. The Bertz CT molecular complexity index is 635. The average Bonchev–Trinajstić information content (AvgIpc) is 2.68. The van der Waals surface area contributed by atoms with Crippen LogP contribution in [0.4, 0.5) is 5.69 Å². The predicted octanol–water partition coefficient (Wildman–Crippen LogP) is 2.71. The molecule has 0 aliphatic carbocycles. The summed E-state index contributed by atoms with van der Waals surface area (Å²) < 4.78 is 1.62. The lowest BCUT2D eigenvalue weighted by molar-refractivity contribution is -0.124. The summed E-state index contributed by atoms with van der Waals surface area (Å²) in [7, 11) is 1.76. The number of halogens is 2. The Balaban J connectivity index is 2.18. The van der Waals surface area contributed by atoms with E-state index in [2.05, 4.69) is 10.4 Å². The second-order valence-corrected chi connectivity index (χ2v) is 5.23. The van der Waals surface area contributed by atoms with E-state index in [1.54, 1.807) is 11.7 Å². The molecule has 7 heteroatoms. The van der Waals surface area contributed by atoms with Gasteiger partial charge in [0.15, 0.2) is 6.10 Å². The minimum atomic E-state index is -1.36. The largest absolute Gasteiger partial charge is 0.378 e. The molecule has 20 heavy (non-hydrogen) atoms. The van der Waals surface area contributed by atoms with Gasteiger partial charge >= 0.3 is 0 Å². The Hall–Kier alpha value is -1.56. The van der Waals surface area contributed by atoms with Gasteiger partial charge in [-0.3, -0.25) is 9.48 Å². The number of benzene rings is 1. The molecule has 1 amide bonds. The summed E-state index contributed by atoms with van der Waals surface area (Å²) in [4.78, 5) is 12.0. The van der Waals surface area contributed by atoms with Gasteiger partial charge in [0.1, 0.15) is 0 Å². The number of rotatable bonds is 3. The van der Waals surface area contributed by atoms with Crippen LogP contribution < -0.4 is 5.32 Å². The number of anilines is 1. The number of aliphatic hydroxyl groups is 1. The quantitative estimate of drug-likeness (QED) is 0.915. The lowest BCUT2D eigenvalue weighted by Crippen LogP contribution is -2.21. The summed E-state index contributed by atoms with van der Waals surface area (Å²) in [5.74, 6) is -0.570. The van der Waals surface area contributed by atoms with Gasteiger partial charge in [0.2, 0.25) is 0 Å². The minimum absolute atomic E-state index is 0.335. The van der Waals surface area contributed by atoms with Gasteiger partial charge in [-0.25, -0.2) is 0 Å². The molecule has 0 saturated heterocycles. The van der Waals surface area contributed by atoms with E-state index in [0.717, 1.165) is 5.69 Å². The zero-order valence-corrected chi connectivity index (χ0v) is 12.4. The van der Waals surface area contributed by atoms with Gasteiger partial charge < -0.3 is 10.4 Å². The highest BCUT2D eigenvalue weighted by molar-refractivity contribution is 6.34. The molecule has 1 aromatic heterocycles. The fourth-order valence-corrected chi connectivity index (χ4v) is 2.25. The zero-order valence-electron chi connectivity index (χ0n) is 10.9. The van der Waals surface area contributed by atoms with Gasteiger partial charge in [-0.15, -0.1) is 0 Å². The topological polar surface area (TPSA) is 67.2 Å². The first kappa shape index (κ1) is 14.8. The molecular weight excluding hydrogens is 301 g/mol. The van der Waals surface area contributed by atoms with Crippen LogP contribution in [0.25, 0.3) is 0 Å². The maximum Gasteiger partial charge on any atom is 0.257 e. The van der Waals surface area contributed by atoms with E-state index in [4.69, 9.17) is 23.2 Å². The molecule has 0 spiro atoms. The van der Waals surface area contributed by atoms with Crippen LogP contribution in [0.3, 0.4) is 0 Å². The first-order valence-corrected chi connectivity index (χ1v) is 6.57. The number of carbonyl (C=O) groups excluding carboxylic acids is 1. The molecule has 1 aromatic carbocycles. The zero-order chi connectivity index (χ0) is 14.9. The number of aliphatic hydroxyl groups excluding tert-OH is 1. The number of hydrogen-bond acceptors (Lipinski definition) is 3. The molecule has 0 aliphatic heterocycles. The van der Waals surface area contributed by atoms with E-state index < -0.39 is 12.0 Å². The van der Waals surface area contributed by atoms with Gasteiger partial charge in [0.05, 0.1) is 17.6 Å². The van der Waals surface area contributed by atoms with Crippen molar-refractivity contribution in [3.8, 4) is 0 Å². The van der Waals surface area contributed by atoms with Crippen molar-refractivity contribution in [3.05, 3.63) is 45.7 Å². The number of hydrogen-bond donors (Lipinski definition) is 2. The van der Waals surface area contributed by atoms with Gasteiger partial charge in [0.25, 0.3) is 5.91 Å². The van der Waals surface area contributed by atoms with Gasteiger partial charge in [-0.1, -0.05) is 23.2 Å². The van der Waals surface area contributed by atoms with E-state index in [1.165, 1.54) is 24.4 Å². The summed E-state index contributed by atoms with van der Waals surface area (Å²) in [5, 5.41) is 17.4. The van der Waals surface area contributed by atoms with Crippen LogP contribution in [0.5, 0.6) is 0 Å². The van der Waals surface area contributed by atoms with Crippen molar-refractivity contribution >= 4 is 34.8 Å². The van der Waals surface area contributed by atoms with Crippen LogP contribution in [-0.4, -0.2) is 20.8 Å². The molecule has 1 heterocycles. The van der Waals surface area contributed by atoms with E-state index in [0.29, 0.717) is 21.3 Å². The number of amides is 1. The molecule has 2 rings (SSSR count). The first-order chi connectivity index (χ1) is 9.38. The molecule has 0 fully saturated rings. The average molecular weight is 314 g/mol. The summed E-state index contributed by atoms with van der Waals surface area (Å²) in [6, 6.07) is 4.52. The fraction of sp³-hybridized carbons (Fsp3) is 0.231. The van der Waals surface area contributed by atoms with Gasteiger partial charge in [0, 0.05) is 17.1 Å². The highest BCUT2D eigenvalue weighted by Crippen LogP contribution is 2.24. The molecule has 0 aliphatic rings. The van der Waals surface area contributed by atoms with Crippen molar-refractivity contribution in [2.75, 3.05) is 5.32 Å². The molecule has 106 valence electrons.